The lowest BCUT2D eigenvalue weighted by molar-refractivity contribution is 0.239. The van der Waals surface area contributed by atoms with Gasteiger partial charge in [-0.25, -0.2) is 0 Å². The molecule has 3 aliphatic rings. The summed E-state index contributed by atoms with van der Waals surface area (Å²) in [6.45, 7) is 2.60. The van der Waals surface area contributed by atoms with Crippen LogP contribution in [0.1, 0.15) is 71.0 Å². The lowest BCUT2D eigenvalue weighted by atomic mass is 9.81. The van der Waals surface area contributed by atoms with Gasteiger partial charge in [0.25, 0.3) is 0 Å². The Morgan fingerprint density at radius 3 is 2.33 bits per heavy atom. The average Bonchev–Trinajstić information content (AvgIpc) is 3.09. The van der Waals surface area contributed by atoms with E-state index in [0.29, 0.717) is 6.42 Å². The third-order valence-corrected chi connectivity index (χ3v) is 8.21. The topological polar surface area (TPSA) is 3.24 Å². The Bertz CT molecular complexity index is 1290. The van der Waals surface area contributed by atoms with Crippen molar-refractivity contribution in [3.8, 4) is 0 Å². The number of hydrogen-bond donors (Lipinski definition) is 0. The van der Waals surface area contributed by atoms with Crippen LogP contribution < -0.4 is 0 Å². The van der Waals surface area contributed by atoms with Crippen molar-refractivity contribution in [2.45, 2.75) is 51.4 Å². The molecule has 1 heterocycles. The molecule has 0 unspecified atom stereocenters. The predicted octanol–water partition coefficient (Wildman–Crippen LogP) is 7.92. The number of rotatable bonds is 6. The lowest BCUT2D eigenvalue weighted by Gasteiger charge is -2.33. The third-order valence-electron chi connectivity index (χ3n) is 8.21. The monoisotopic (exact) mass is 477 g/mol. The molecule has 3 aromatic rings. The first-order valence-electron chi connectivity index (χ1n) is 13.8. The van der Waals surface area contributed by atoms with Gasteiger partial charge in [0.15, 0.2) is 0 Å². The highest BCUT2D eigenvalue weighted by Gasteiger charge is 2.23. The summed E-state index contributed by atoms with van der Waals surface area (Å²) >= 11 is 0. The van der Waals surface area contributed by atoms with E-state index >= 15 is 0 Å². The fourth-order valence-corrected chi connectivity index (χ4v) is 6.43. The van der Waals surface area contributed by atoms with Gasteiger partial charge in [-0.15, -0.1) is 0 Å². The Morgan fingerprint density at radius 1 is 0.722 bits per heavy atom. The molecule has 0 saturated carbocycles. The summed E-state index contributed by atoms with van der Waals surface area (Å²) in [5.41, 5.74) is 14.5. The number of hydrogen-bond acceptors (Lipinski definition) is 1. The predicted molar refractivity (Wildman–Crippen MR) is 150 cm³/mol. The Labute approximate surface area is 215 Å². The zero-order valence-electron chi connectivity index (χ0n) is 21.2. The molecule has 1 fully saturated rings. The van der Waals surface area contributed by atoms with E-state index in [-0.39, 0.29) is 6.67 Å². The summed E-state index contributed by atoms with van der Waals surface area (Å²) in [4.78, 5) is 2.32. The summed E-state index contributed by atoms with van der Waals surface area (Å²) in [5, 5.41) is 0. The number of alkyl halides is 1. The van der Waals surface area contributed by atoms with Crippen molar-refractivity contribution < 1.29 is 4.39 Å². The number of benzene rings is 3. The third kappa shape index (κ3) is 4.72. The first-order chi connectivity index (χ1) is 17.8. The van der Waals surface area contributed by atoms with Crippen molar-refractivity contribution in [3.63, 3.8) is 0 Å². The highest BCUT2D eigenvalue weighted by Crippen LogP contribution is 2.42. The molecule has 0 N–H and O–H groups in total. The van der Waals surface area contributed by atoms with E-state index < -0.39 is 0 Å². The van der Waals surface area contributed by atoms with Crippen LogP contribution in [0.4, 0.5) is 4.39 Å². The van der Waals surface area contributed by atoms with E-state index in [9.17, 15) is 4.39 Å². The number of fused-ring (bicyclic) bond motifs is 2. The number of allylic oxidation sites excluding steroid dienone is 1. The second-order valence-corrected chi connectivity index (χ2v) is 10.7. The molecule has 184 valence electrons. The highest BCUT2D eigenvalue weighted by molar-refractivity contribution is 6.00. The van der Waals surface area contributed by atoms with E-state index in [2.05, 4.69) is 77.7 Å². The summed E-state index contributed by atoms with van der Waals surface area (Å²) in [6.07, 6.45) is 11.5. The Morgan fingerprint density at radius 2 is 1.47 bits per heavy atom. The van der Waals surface area contributed by atoms with Crippen LogP contribution in [-0.2, 0) is 19.3 Å². The van der Waals surface area contributed by atoms with Gasteiger partial charge in [0.05, 0.1) is 6.67 Å². The fourth-order valence-electron chi connectivity index (χ4n) is 6.43. The maximum atomic E-state index is 12.4. The summed E-state index contributed by atoms with van der Waals surface area (Å²) in [6, 6.07) is 25.3. The fraction of sp³-hybridized carbons (Fsp3) is 0.353. The largest absolute Gasteiger partial charge is 0.295 e. The minimum atomic E-state index is -0.218. The Kier molecular flexibility index (Phi) is 6.88. The smallest absolute Gasteiger partial charge is 0.0906 e. The summed E-state index contributed by atoms with van der Waals surface area (Å²) < 4.78 is 12.4. The molecule has 6 rings (SSSR count). The van der Waals surface area contributed by atoms with E-state index in [1.165, 1.54) is 76.6 Å². The molecule has 0 spiro atoms. The number of aryl methyl sites for hydroxylation is 2. The molecule has 2 aliphatic carbocycles. The van der Waals surface area contributed by atoms with Gasteiger partial charge < -0.3 is 0 Å². The highest BCUT2D eigenvalue weighted by atomic mass is 19.1. The van der Waals surface area contributed by atoms with Crippen molar-refractivity contribution >= 4 is 17.2 Å². The molecule has 3 aromatic carbocycles. The van der Waals surface area contributed by atoms with Gasteiger partial charge in [-0.05, 0) is 107 Å². The molecule has 0 amide bonds. The summed E-state index contributed by atoms with van der Waals surface area (Å²) in [5.74, 6) is 0. The Hall–Kier alpha value is -2.97. The van der Waals surface area contributed by atoms with Crippen molar-refractivity contribution in [1.82, 2.24) is 4.90 Å². The molecular weight excluding hydrogens is 441 g/mol. The second-order valence-electron chi connectivity index (χ2n) is 10.7. The number of halogens is 1. The number of likely N-dealkylation sites (tertiary alicyclic amines) is 1. The van der Waals surface area contributed by atoms with Crippen LogP contribution in [0.25, 0.3) is 17.2 Å². The molecule has 0 atom stereocenters. The van der Waals surface area contributed by atoms with Crippen LogP contribution >= 0.6 is 0 Å². The molecule has 0 radical (unpaired) electrons. The molecule has 36 heavy (non-hydrogen) atoms. The zero-order chi connectivity index (χ0) is 24.3. The van der Waals surface area contributed by atoms with Crippen LogP contribution in [0.15, 0.2) is 72.3 Å². The van der Waals surface area contributed by atoms with Crippen LogP contribution in [0.2, 0.25) is 0 Å². The van der Waals surface area contributed by atoms with Crippen LogP contribution in [0.5, 0.6) is 0 Å². The average molecular weight is 478 g/mol. The first kappa shape index (κ1) is 23.4. The van der Waals surface area contributed by atoms with Crippen LogP contribution in [0.3, 0.4) is 0 Å². The van der Waals surface area contributed by atoms with E-state index in [1.807, 2.05) is 0 Å². The van der Waals surface area contributed by atoms with E-state index in [1.54, 1.807) is 11.1 Å². The van der Waals surface area contributed by atoms with Gasteiger partial charge in [-0.2, -0.15) is 0 Å². The van der Waals surface area contributed by atoms with E-state index in [0.717, 1.165) is 32.5 Å². The standard InChI is InChI=1S/C34H36FN/c35-20-7-21-36-23-26(24-36)22-25-16-18-29(19-17-25)34-31-13-4-2-9-28(31)11-6-15-33(34)32-14-5-10-27-8-1-3-12-30(27)32/h2,4-5,9-10,13-14,16-19,22H,1,3,6-8,11-12,15,20-21,23-24H2. The van der Waals surface area contributed by atoms with E-state index in [4.69, 9.17) is 0 Å². The minimum Gasteiger partial charge on any atom is -0.295 e. The van der Waals surface area contributed by atoms with Crippen LogP contribution in [0, 0.1) is 0 Å². The SMILES string of the molecule is FCCCN1CC(=Cc2ccc(C3=C(c4cccc5c4CCCC5)CCCc4ccccc43)cc2)C1. The van der Waals surface area contributed by atoms with Gasteiger partial charge in [-0.3, -0.25) is 9.29 Å². The van der Waals surface area contributed by atoms with Gasteiger partial charge >= 0.3 is 0 Å². The van der Waals surface area contributed by atoms with Crippen LogP contribution in [-0.4, -0.2) is 31.2 Å². The molecule has 1 aliphatic heterocycles. The normalized spacial score (nSPS) is 17.8. The van der Waals surface area contributed by atoms with Crippen molar-refractivity contribution in [2.24, 2.45) is 0 Å². The van der Waals surface area contributed by atoms with Gasteiger partial charge in [-0.1, -0.05) is 72.8 Å². The Balaban J connectivity index is 1.39. The molecule has 1 saturated heterocycles. The first-order valence-corrected chi connectivity index (χ1v) is 13.8. The van der Waals surface area contributed by atoms with Crippen molar-refractivity contribution in [1.29, 1.82) is 0 Å². The zero-order valence-corrected chi connectivity index (χ0v) is 21.2. The maximum Gasteiger partial charge on any atom is 0.0906 e. The lowest BCUT2D eigenvalue weighted by Crippen LogP contribution is -2.40. The van der Waals surface area contributed by atoms with Gasteiger partial charge in [0, 0.05) is 19.6 Å². The van der Waals surface area contributed by atoms with Crippen molar-refractivity contribution in [3.05, 3.63) is 111 Å². The van der Waals surface area contributed by atoms with Gasteiger partial charge in [0.1, 0.15) is 0 Å². The number of nitrogens with zero attached hydrogens (tertiary/aromatic N) is 1. The van der Waals surface area contributed by atoms with Crippen molar-refractivity contribution in [2.75, 3.05) is 26.3 Å². The van der Waals surface area contributed by atoms with Gasteiger partial charge in [0.2, 0.25) is 0 Å². The maximum absolute atomic E-state index is 12.4. The molecule has 0 aromatic heterocycles. The summed E-state index contributed by atoms with van der Waals surface area (Å²) in [7, 11) is 0. The molecular formula is C34H36FN. The quantitative estimate of drug-likeness (QED) is 0.348. The minimum absolute atomic E-state index is 0.218. The second kappa shape index (κ2) is 10.6. The molecule has 0 bridgehead atoms. The molecule has 2 heteroatoms. The molecule has 1 nitrogen and oxygen atoms in total.